The Morgan fingerprint density at radius 1 is 0.314 bits per heavy atom. The fourth-order valence-corrected chi connectivity index (χ4v) is 13.2. The molecule has 2 nitrogen and oxygen atoms in total. The van der Waals surface area contributed by atoms with Gasteiger partial charge in [0.05, 0.1) is 21.6 Å². The summed E-state index contributed by atoms with van der Waals surface area (Å²) in [5.74, 6) is 0. The molecule has 0 saturated carbocycles. The van der Waals surface area contributed by atoms with Gasteiger partial charge in [0, 0.05) is 69.0 Å². The average molecular weight is 927 g/mol. The maximum absolute atomic E-state index is 2.49. The van der Waals surface area contributed by atoms with Gasteiger partial charge in [-0.3, -0.25) is 0 Å². The van der Waals surface area contributed by atoms with Crippen LogP contribution in [0.15, 0.2) is 255 Å². The molecule has 0 aliphatic carbocycles. The van der Waals surface area contributed by atoms with Crippen molar-refractivity contribution < 1.29 is 0 Å². The Bertz CT molecular complexity index is 4260. The molecule has 0 N–H and O–H groups in total. The minimum atomic E-state index is 1.11. The number of aromatic nitrogens is 1. The van der Waals surface area contributed by atoms with Crippen molar-refractivity contribution in [2.24, 2.45) is 0 Å². The first-order chi connectivity index (χ1) is 34.7. The molecule has 3 aromatic heterocycles. The molecular formula is C66H42N2S2. The number of hydrogen-bond acceptors (Lipinski definition) is 3. The summed E-state index contributed by atoms with van der Waals surface area (Å²) in [6.07, 6.45) is 0. The van der Waals surface area contributed by atoms with E-state index in [1.807, 2.05) is 22.7 Å². The van der Waals surface area contributed by atoms with E-state index in [1.54, 1.807) is 0 Å². The van der Waals surface area contributed by atoms with Gasteiger partial charge >= 0.3 is 0 Å². The van der Waals surface area contributed by atoms with Crippen LogP contribution in [0.1, 0.15) is 0 Å². The molecule has 0 aliphatic rings. The molecule has 14 aromatic rings. The van der Waals surface area contributed by atoms with E-state index < -0.39 is 0 Å². The zero-order chi connectivity index (χ0) is 46.1. The molecule has 14 rings (SSSR count). The first-order valence-corrected chi connectivity index (χ1v) is 25.5. The van der Waals surface area contributed by atoms with Crippen LogP contribution in [0.3, 0.4) is 0 Å². The third-order valence-electron chi connectivity index (χ3n) is 14.0. The molecule has 0 amide bonds. The average Bonchev–Trinajstić information content (AvgIpc) is 4.13. The normalized spacial score (nSPS) is 11.7. The summed E-state index contributed by atoms with van der Waals surface area (Å²) in [5.41, 5.74) is 15.4. The van der Waals surface area contributed by atoms with Gasteiger partial charge in [0.25, 0.3) is 0 Å². The third kappa shape index (κ3) is 6.60. The van der Waals surface area contributed by atoms with Crippen LogP contribution in [0.4, 0.5) is 17.1 Å². The predicted octanol–water partition coefficient (Wildman–Crippen LogP) is 19.7. The van der Waals surface area contributed by atoms with E-state index in [-0.39, 0.29) is 0 Å². The zero-order valence-electron chi connectivity index (χ0n) is 38.0. The predicted molar refractivity (Wildman–Crippen MR) is 303 cm³/mol. The van der Waals surface area contributed by atoms with Gasteiger partial charge in [-0.1, -0.05) is 200 Å². The van der Waals surface area contributed by atoms with Gasteiger partial charge in [-0.2, -0.15) is 0 Å². The molecular weight excluding hydrogens is 885 g/mol. The number of nitrogens with zero attached hydrogens (tertiary/aromatic N) is 2. The van der Waals surface area contributed by atoms with E-state index in [2.05, 4.69) is 264 Å². The first kappa shape index (κ1) is 40.5. The molecule has 0 atom stereocenters. The van der Waals surface area contributed by atoms with Gasteiger partial charge in [0.1, 0.15) is 0 Å². The van der Waals surface area contributed by atoms with Crippen LogP contribution in [0.2, 0.25) is 0 Å². The van der Waals surface area contributed by atoms with Gasteiger partial charge in [0.2, 0.25) is 0 Å². The smallest absolute Gasteiger partial charge is 0.0640 e. The van der Waals surface area contributed by atoms with Crippen LogP contribution in [-0.4, -0.2) is 4.57 Å². The molecule has 0 radical (unpaired) electrons. The van der Waals surface area contributed by atoms with Crippen LogP contribution >= 0.6 is 22.7 Å². The number of thiophene rings is 2. The van der Waals surface area contributed by atoms with Gasteiger partial charge < -0.3 is 9.47 Å². The highest BCUT2D eigenvalue weighted by Gasteiger charge is 2.24. The lowest BCUT2D eigenvalue weighted by Gasteiger charge is -2.26. The van der Waals surface area contributed by atoms with Crippen molar-refractivity contribution in [2.75, 3.05) is 4.90 Å². The van der Waals surface area contributed by atoms with Gasteiger partial charge in [-0.05, 0) is 93.4 Å². The van der Waals surface area contributed by atoms with Crippen LogP contribution in [-0.2, 0) is 0 Å². The number of hydrogen-bond donors (Lipinski definition) is 0. The molecule has 0 spiro atoms. The number of rotatable bonds is 8. The molecule has 0 aliphatic heterocycles. The van der Waals surface area contributed by atoms with Crippen LogP contribution < -0.4 is 4.90 Å². The lowest BCUT2D eigenvalue weighted by molar-refractivity contribution is 1.14. The molecule has 3 heterocycles. The number of anilines is 3. The van der Waals surface area contributed by atoms with Crippen molar-refractivity contribution in [3.8, 4) is 50.3 Å². The second-order valence-electron chi connectivity index (χ2n) is 18.0. The highest BCUT2D eigenvalue weighted by molar-refractivity contribution is 7.26. The Morgan fingerprint density at radius 3 is 1.50 bits per heavy atom. The van der Waals surface area contributed by atoms with Crippen molar-refractivity contribution in [1.82, 2.24) is 4.57 Å². The molecule has 4 heteroatoms. The topological polar surface area (TPSA) is 8.17 Å². The van der Waals surface area contributed by atoms with Crippen LogP contribution in [0.5, 0.6) is 0 Å². The quantitative estimate of drug-likeness (QED) is 0.147. The Hall–Kier alpha value is -8.54. The summed E-state index contributed by atoms with van der Waals surface area (Å²) in [6.45, 7) is 0. The van der Waals surface area contributed by atoms with Crippen molar-refractivity contribution in [3.63, 3.8) is 0 Å². The van der Waals surface area contributed by atoms with Gasteiger partial charge in [-0.25, -0.2) is 0 Å². The Morgan fingerprint density at radius 2 is 0.829 bits per heavy atom. The molecule has 328 valence electrons. The molecule has 70 heavy (non-hydrogen) atoms. The Balaban J connectivity index is 0.877. The summed E-state index contributed by atoms with van der Waals surface area (Å²) in [5, 5.41) is 8.91. The lowest BCUT2D eigenvalue weighted by Crippen LogP contribution is -2.10. The van der Waals surface area contributed by atoms with E-state index in [9.17, 15) is 0 Å². The fourth-order valence-electron chi connectivity index (χ4n) is 10.8. The second kappa shape index (κ2) is 16.6. The van der Waals surface area contributed by atoms with Crippen LogP contribution in [0, 0.1) is 0 Å². The molecule has 0 unspecified atom stereocenters. The number of fused-ring (bicyclic) bond motifs is 9. The van der Waals surface area contributed by atoms with E-state index in [0.29, 0.717) is 0 Å². The number of benzene rings is 11. The van der Waals surface area contributed by atoms with Crippen molar-refractivity contribution >= 4 is 102 Å². The molecule has 0 bridgehead atoms. The minimum absolute atomic E-state index is 1.11. The lowest BCUT2D eigenvalue weighted by atomic mass is 9.97. The molecule has 0 saturated heterocycles. The van der Waals surface area contributed by atoms with Gasteiger partial charge in [0.15, 0.2) is 0 Å². The highest BCUT2D eigenvalue weighted by atomic mass is 32.1. The second-order valence-corrected chi connectivity index (χ2v) is 20.1. The molecule has 0 fully saturated rings. The maximum Gasteiger partial charge on any atom is 0.0640 e. The van der Waals surface area contributed by atoms with E-state index in [0.717, 1.165) is 22.6 Å². The Kier molecular flexibility index (Phi) is 9.61. The van der Waals surface area contributed by atoms with Crippen molar-refractivity contribution in [2.45, 2.75) is 0 Å². The first-order valence-electron chi connectivity index (χ1n) is 23.8. The zero-order valence-corrected chi connectivity index (χ0v) is 39.6. The minimum Gasteiger partial charge on any atom is -0.309 e. The Labute approximate surface area is 413 Å². The fraction of sp³-hybridized carbons (Fsp3) is 0. The van der Waals surface area contributed by atoms with E-state index in [4.69, 9.17) is 0 Å². The SMILES string of the molecule is c1ccc(-c2c(-c3ccccc3)n(-c3ccc(-c4ccc(N(c5ccc(-c6cccc7c6sc6ccccc67)cc5)c5cccc6c5sc5ccccc56)cc4)cc3)c3c2ccc2ccccc23)cc1. The summed E-state index contributed by atoms with van der Waals surface area (Å²) >= 11 is 3.75. The summed E-state index contributed by atoms with van der Waals surface area (Å²) in [7, 11) is 0. The van der Waals surface area contributed by atoms with Gasteiger partial charge in [-0.15, -0.1) is 22.7 Å². The summed E-state index contributed by atoms with van der Waals surface area (Å²) < 4.78 is 7.71. The van der Waals surface area contributed by atoms with Crippen LogP contribution in [0.25, 0.3) is 112 Å². The van der Waals surface area contributed by atoms with Crippen molar-refractivity contribution in [3.05, 3.63) is 255 Å². The summed E-state index contributed by atoms with van der Waals surface area (Å²) in [6, 6.07) is 93.5. The van der Waals surface area contributed by atoms with Crippen molar-refractivity contribution in [1.29, 1.82) is 0 Å². The summed E-state index contributed by atoms with van der Waals surface area (Å²) in [4.78, 5) is 2.44. The maximum atomic E-state index is 2.49. The largest absolute Gasteiger partial charge is 0.309 e. The third-order valence-corrected chi connectivity index (χ3v) is 16.4. The van der Waals surface area contributed by atoms with E-state index in [1.165, 1.54) is 107 Å². The molecule has 11 aromatic carbocycles. The monoisotopic (exact) mass is 926 g/mol. The van der Waals surface area contributed by atoms with E-state index >= 15 is 0 Å². The standard InChI is InChI=1S/C66H42N2S2/c1-3-16-47(17-4-1)62-58-42-35-45-15-7-8-20-52(45)64(58)68(63(62)48-18-5-2-6-19-48)51-38-31-44(32-39-51)43-29-36-49(37-30-43)67(59-26-14-25-57-55-22-10-12-28-61(55)70-66(57)59)50-40-33-46(34-41-50)53-23-13-24-56-54-21-9-11-27-60(54)69-65(53)56/h1-42H. The highest BCUT2D eigenvalue weighted by Crippen LogP contribution is 2.48.